The average Bonchev–Trinajstić information content (AvgIpc) is 2.68. The molecule has 5 heteroatoms. The highest BCUT2D eigenvalue weighted by molar-refractivity contribution is 5.94. The zero-order valence-corrected chi connectivity index (χ0v) is 14.8. The predicted molar refractivity (Wildman–Crippen MR) is 97.9 cm³/mol. The van der Waals surface area contributed by atoms with Crippen LogP contribution in [0, 0.1) is 11.3 Å². The fourth-order valence-corrected chi connectivity index (χ4v) is 3.15. The number of piperazine rings is 1. The van der Waals surface area contributed by atoms with Crippen molar-refractivity contribution in [2.45, 2.75) is 25.9 Å². The predicted octanol–water partition coefficient (Wildman–Crippen LogP) is 2.36. The Morgan fingerprint density at radius 3 is 2.38 bits per heavy atom. The van der Waals surface area contributed by atoms with Crippen LogP contribution in [0.3, 0.4) is 0 Å². The molecule has 0 aromatic heterocycles. The summed E-state index contributed by atoms with van der Waals surface area (Å²) in [5.74, 6) is -0.0660. The van der Waals surface area contributed by atoms with Crippen LogP contribution in [0.5, 0.6) is 0 Å². The van der Waals surface area contributed by atoms with E-state index in [0.717, 1.165) is 17.5 Å². The van der Waals surface area contributed by atoms with Crippen molar-refractivity contribution >= 4 is 11.8 Å². The van der Waals surface area contributed by atoms with Crippen molar-refractivity contribution in [3.8, 4) is 6.07 Å². The fourth-order valence-electron chi connectivity index (χ4n) is 3.15. The van der Waals surface area contributed by atoms with Gasteiger partial charge in [-0.25, -0.2) is 0 Å². The molecule has 1 fully saturated rings. The van der Waals surface area contributed by atoms with Gasteiger partial charge in [-0.2, -0.15) is 5.26 Å². The quantitative estimate of drug-likeness (QED) is 0.834. The van der Waals surface area contributed by atoms with E-state index in [2.05, 4.69) is 6.07 Å². The zero-order chi connectivity index (χ0) is 18.5. The van der Waals surface area contributed by atoms with E-state index in [0.29, 0.717) is 18.7 Å². The standard InChI is InChI=1S/C21H21N3O2/c1-16-21(26)23(12-11-17-5-3-2-4-6-17)15-20(25)24(16)14-19-9-7-18(13-22)8-10-19/h2-10,16H,11-12,14-15H2,1H3/t16-/m0/s1. The monoisotopic (exact) mass is 347 g/mol. The van der Waals surface area contributed by atoms with E-state index in [1.54, 1.807) is 28.9 Å². The first-order valence-corrected chi connectivity index (χ1v) is 8.69. The van der Waals surface area contributed by atoms with Gasteiger partial charge in [0.15, 0.2) is 0 Å². The number of rotatable bonds is 5. The molecule has 26 heavy (non-hydrogen) atoms. The summed E-state index contributed by atoms with van der Waals surface area (Å²) >= 11 is 0. The first-order valence-electron chi connectivity index (χ1n) is 8.69. The molecule has 0 radical (unpaired) electrons. The molecule has 1 aliphatic rings. The van der Waals surface area contributed by atoms with Crippen LogP contribution >= 0.6 is 0 Å². The molecule has 2 amide bonds. The van der Waals surface area contributed by atoms with Crippen molar-refractivity contribution in [3.05, 3.63) is 71.3 Å². The summed E-state index contributed by atoms with van der Waals surface area (Å²) in [4.78, 5) is 28.5. The molecule has 0 spiro atoms. The van der Waals surface area contributed by atoms with Gasteiger partial charge in [0.05, 0.1) is 18.2 Å². The summed E-state index contributed by atoms with van der Waals surface area (Å²) in [6.07, 6.45) is 0.738. The molecule has 132 valence electrons. The topological polar surface area (TPSA) is 64.4 Å². The SMILES string of the molecule is C[C@H]1C(=O)N(CCc2ccccc2)CC(=O)N1Cc1ccc(C#N)cc1. The Morgan fingerprint density at radius 2 is 1.73 bits per heavy atom. The summed E-state index contributed by atoms with van der Waals surface area (Å²) in [6.45, 7) is 2.82. The van der Waals surface area contributed by atoms with Gasteiger partial charge in [0.25, 0.3) is 0 Å². The molecule has 2 aromatic rings. The van der Waals surface area contributed by atoms with E-state index in [1.165, 1.54) is 0 Å². The van der Waals surface area contributed by atoms with Crippen molar-refractivity contribution in [3.63, 3.8) is 0 Å². The lowest BCUT2D eigenvalue weighted by Crippen LogP contribution is -2.58. The molecular weight excluding hydrogens is 326 g/mol. The minimum Gasteiger partial charge on any atom is -0.331 e. The number of benzene rings is 2. The molecule has 5 nitrogen and oxygen atoms in total. The lowest BCUT2D eigenvalue weighted by Gasteiger charge is -2.38. The number of nitriles is 1. The van der Waals surface area contributed by atoms with E-state index in [9.17, 15) is 9.59 Å². The van der Waals surface area contributed by atoms with Crippen LogP contribution in [0.4, 0.5) is 0 Å². The Balaban J connectivity index is 1.63. The molecule has 1 atom stereocenters. The van der Waals surface area contributed by atoms with Crippen LogP contribution < -0.4 is 0 Å². The molecule has 1 aliphatic heterocycles. The minimum absolute atomic E-state index is 0.0193. The van der Waals surface area contributed by atoms with Gasteiger partial charge >= 0.3 is 0 Å². The zero-order valence-electron chi connectivity index (χ0n) is 14.8. The maximum Gasteiger partial charge on any atom is 0.245 e. The van der Waals surface area contributed by atoms with Crippen LogP contribution in [-0.2, 0) is 22.6 Å². The molecule has 0 saturated carbocycles. The number of carbonyl (C=O) groups is 2. The Labute approximate surface area is 153 Å². The second-order valence-electron chi connectivity index (χ2n) is 6.50. The Morgan fingerprint density at radius 1 is 1.04 bits per heavy atom. The van der Waals surface area contributed by atoms with Crippen LogP contribution in [0.1, 0.15) is 23.6 Å². The van der Waals surface area contributed by atoms with Gasteiger partial charge in [-0.05, 0) is 36.6 Å². The van der Waals surface area contributed by atoms with Crippen molar-refractivity contribution < 1.29 is 9.59 Å². The van der Waals surface area contributed by atoms with Crippen LogP contribution in [0.2, 0.25) is 0 Å². The lowest BCUT2D eigenvalue weighted by atomic mass is 10.1. The minimum atomic E-state index is -0.484. The third-order valence-electron chi connectivity index (χ3n) is 4.73. The van der Waals surface area contributed by atoms with Gasteiger partial charge in [-0.1, -0.05) is 42.5 Å². The second kappa shape index (κ2) is 7.83. The highest BCUT2D eigenvalue weighted by Gasteiger charge is 2.36. The van der Waals surface area contributed by atoms with E-state index in [1.807, 2.05) is 42.5 Å². The highest BCUT2D eigenvalue weighted by atomic mass is 16.2. The maximum atomic E-state index is 12.7. The van der Waals surface area contributed by atoms with E-state index >= 15 is 0 Å². The third-order valence-corrected chi connectivity index (χ3v) is 4.73. The molecule has 0 N–H and O–H groups in total. The summed E-state index contributed by atoms with van der Waals surface area (Å²) in [5, 5.41) is 8.87. The van der Waals surface area contributed by atoms with Gasteiger partial charge in [-0.15, -0.1) is 0 Å². The molecular formula is C21H21N3O2. The van der Waals surface area contributed by atoms with E-state index in [4.69, 9.17) is 5.26 Å². The van der Waals surface area contributed by atoms with Crippen molar-refractivity contribution in [1.29, 1.82) is 5.26 Å². The number of carbonyl (C=O) groups excluding carboxylic acids is 2. The Bertz CT molecular complexity index is 825. The molecule has 3 rings (SSSR count). The first kappa shape index (κ1) is 17.7. The first-order chi connectivity index (χ1) is 12.6. The van der Waals surface area contributed by atoms with Crippen molar-refractivity contribution in [1.82, 2.24) is 9.80 Å². The third kappa shape index (κ3) is 3.92. The summed E-state index contributed by atoms with van der Waals surface area (Å²) < 4.78 is 0. The molecule has 1 heterocycles. The average molecular weight is 347 g/mol. The summed E-state index contributed by atoms with van der Waals surface area (Å²) in [5.41, 5.74) is 2.64. The summed E-state index contributed by atoms with van der Waals surface area (Å²) in [6, 6.07) is 18.6. The Kier molecular flexibility index (Phi) is 5.33. The number of hydrogen-bond acceptors (Lipinski definition) is 3. The fraction of sp³-hybridized carbons (Fsp3) is 0.286. The molecule has 2 aromatic carbocycles. The molecule has 0 aliphatic carbocycles. The van der Waals surface area contributed by atoms with Gasteiger partial charge in [0.2, 0.25) is 11.8 Å². The second-order valence-corrected chi connectivity index (χ2v) is 6.50. The normalized spacial score (nSPS) is 17.3. The summed E-state index contributed by atoms with van der Waals surface area (Å²) in [7, 11) is 0. The molecule has 0 unspecified atom stereocenters. The van der Waals surface area contributed by atoms with Crippen LogP contribution in [-0.4, -0.2) is 40.7 Å². The number of nitrogens with zero attached hydrogens (tertiary/aromatic N) is 3. The van der Waals surface area contributed by atoms with Crippen LogP contribution in [0.15, 0.2) is 54.6 Å². The number of hydrogen-bond donors (Lipinski definition) is 0. The van der Waals surface area contributed by atoms with Crippen LogP contribution in [0.25, 0.3) is 0 Å². The molecule has 0 bridgehead atoms. The van der Waals surface area contributed by atoms with Crippen molar-refractivity contribution in [2.24, 2.45) is 0 Å². The van der Waals surface area contributed by atoms with E-state index in [-0.39, 0.29) is 18.4 Å². The van der Waals surface area contributed by atoms with Gasteiger partial charge in [0.1, 0.15) is 6.04 Å². The van der Waals surface area contributed by atoms with Gasteiger partial charge in [-0.3, -0.25) is 9.59 Å². The van der Waals surface area contributed by atoms with Gasteiger partial charge in [0, 0.05) is 13.1 Å². The van der Waals surface area contributed by atoms with Crippen molar-refractivity contribution in [2.75, 3.05) is 13.1 Å². The maximum absolute atomic E-state index is 12.7. The number of amides is 2. The Hall–Kier alpha value is -3.13. The lowest BCUT2D eigenvalue weighted by molar-refractivity contribution is -0.155. The van der Waals surface area contributed by atoms with Gasteiger partial charge < -0.3 is 9.80 Å². The highest BCUT2D eigenvalue weighted by Crippen LogP contribution is 2.17. The largest absolute Gasteiger partial charge is 0.331 e. The smallest absolute Gasteiger partial charge is 0.245 e. The molecule has 1 saturated heterocycles. The van der Waals surface area contributed by atoms with E-state index < -0.39 is 6.04 Å².